The molecule has 0 aromatic carbocycles. The normalized spacial score (nSPS) is 13.8. The molecule has 0 aliphatic heterocycles. The van der Waals surface area contributed by atoms with Gasteiger partial charge in [-0.05, 0) is 25.5 Å². The van der Waals surface area contributed by atoms with Crippen LogP contribution in [0.1, 0.15) is 33.3 Å². The van der Waals surface area contributed by atoms with E-state index in [0.29, 0.717) is 6.04 Å². The van der Waals surface area contributed by atoms with Crippen LogP contribution in [-0.4, -0.2) is 30.0 Å². The number of nitrogens with one attached hydrogen (secondary N) is 1. The van der Waals surface area contributed by atoms with Gasteiger partial charge in [0.25, 0.3) is 0 Å². The fraction of sp³-hybridized carbons (Fsp3) is 0.643. The zero-order valence-corrected chi connectivity index (χ0v) is 11.9. The lowest BCUT2D eigenvalue weighted by atomic mass is 9.87. The van der Waals surface area contributed by atoms with Gasteiger partial charge in [-0.2, -0.15) is 0 Å². The smallest absolute Gasteiger partial charge is 0.130 e. The molecule has 17 heavy (non-hydrogen) atoms. The number of hydrogen-bond acceptors (Lipinski definition) is 3. The van der Waals surface area contributed by atoms with Crippen molar-refractivity contribution in [3.8, 4) is 0 Å². The van der Waals surface area contributed by atoms with E-state index in [-0.39, 0.29) is 5.41 Å². The van der Waals surface area contributed by atoms with Crippen LogP contribution in [0.2, 0.25) is 0 Å². The van der Waals surface area contributed by atoms with Gasteiger partial charge in [0.2, 0.25) is 0 Å². The molecule has 1 rings (SSSR count). The van der Waals surface area contributed by atoms with E-state index in [1.54, 1.807) is 0 Å². The van der Waals surface area contributed by atoms with Crippen molar-refractivity contribution in [2.24, 2.45) is 5.41 Å². The third kappa shape index (κ3) is 3.70. The van der Waals surface area contributed by atoms with Gasteiger partial charge in [-0.25, -0.2) is 4.98 Å². The minimum Gasteiger partial charge on any atom is -0.373 e. The molecule has 0 saturated carbocycles. The molecule has 0 spiro atoms. The molecule has 0 bridgehead atoms. The van der Waals surface area contributed by atoms with Gasteiger partial charge in [-0.3, -0.25) is 4.90 Å². The van der Waals surface area contributed by atoms with Crippen molar-refractivity contribution >= 4 is 5.82 Å². The van der Waals surface area contributed by atoms with E-state index < -0.39 is 0 Å². The Kier molecular flexibility index (Phi) is 4.52. The topological polar surface area (TPSA) is 28.2 Å². The van der Waals surface area contributed by atoms with E-state index in [9.17, 15) is 0 Å². The number of nitrogens with zero attached hydrogens (tertiary/aromatic N) is 2. The van der Waals surface area contributed by atoms with Crippen molar-refractivity contribution in [1.29, 1.82) is 0 Å². The van der Waals surface area contributed by atoms with Crippen LogP contribution in [0.3, 0.4) is 0 Å². The molecule has 0 radical (unpaired) electrons. The highest BCUT2D eigenvalue weighted by atomic mass is 15.1. The molecule has 1 unspecified atom stereocenters. The zero-order chi connectivity index (χ0) is 13.1. The number of anilines is 1. The average Bonchev–Trinajstić information content (AvgIpc) is 2.27. The molecular weight excluding hydrogens is 210 g/mol. The third-order valence-corrected chi connectivity index (χ3v) is 3.46. The van der Waals surface area contributed by atoms with Crippen LogP contribution >= 0.6 is 0 Å². The van der Waals surface area contributed by atoms with Crippen LogP contribution in [0, 0.1) is 5.41 Å². The number of aromatic nitrogens is 1. The maximum Gasteiger partial charge on any atom is 0.130 e. The van der Waals surface area contributed by atoms with Crippen LogP contribution in [0.4, 0.5) is 5.82 Å². The van der Waals surface area contributed by atoms with Gasteiger partial charge in [-0.1, -0.05) is 26.8 Å². The summed E-state index contributed by atoms with van der Waals surface area (Å²) in [6.45, 7) is 10.0. The van der Waals surface area contributed by atoms with Crippen molar-refractivity contribution in [3.63, 3.8) is 0 Å². The Morgan fingerprint density at radius 1 is 1.41 bits per heavy atom. The minimum atomic E-state index is 0.288. The molecule has 0 saturated heterocycles. The van der Waals surface area contributed by atoms with Gasteiger partial charge in [-0.15, -0.1) is 0 Å². The van der Waals surface area contributed by atoms with Crippen LogP contribution in [0.15, 0.2) is 18.3 Å². The van der Waals surface area contributed by atoms with E-state index in [1.807, 2.05) is 19.3 Å². The van der Waals surface area contributed by atoms with Gasteiger partial charge < -0.3 is 5.32 Å². The average molecular weight is 235 g/mol. The van der Waals surface area contributed by atoms with Crippen LogP contribution in [0.25, 0.3) is 0 Å². The quantitative estimate of drug-likeness (QED) is 0.869. The third-order valence-electron chi connectivity index (χ3n) is 3.46. The van der Waals surface area contributed by atoms with E-state index in [4.69, 9.17) is 0 Å². The number of pyridine rings is 1. The van der Waals surface area contributed by atoms with Gasteiger partial charge in [0.05, 0.1) is 0 Å². The lowest BCUT2D eigenvalue weighted by molar-refractivity contribution is 0.135. The monoisotopic (exact) mass is 235 g/mol. The second-order valence-corrected chi connectivity index (χ2v) is 5.72. The SMILES string of the molecule is CNc1ncccc1CN(C)C(C)C(C)(C)C. The highest BCUT2D eigenvalue weighted by Crippen LogP contribution is 2.25. The molecule has 1 N–H and O–H groups in total. The molecule has 1 heterocycles. The first kappa shape index (κ1) is 14.0. The number of hydrogen-bond donors (Lipinski definition) is 1. The van der Waals surface area contributed by atoms with Crippen molar-refractivity contribution in [3.05, 3.63) is 23.9 Å². The molecule has 0 aliphatic carbocycles. The van der Waals surface area contributed by atoms with Gasteiger partial charge in [0.15, 0.2) is 0 Å². The summed E-state index contributed by atoms with van der Waals surface area (Å²) in [4.78, 5) is 6.71. The Hall–Kier alpha value is -1.09. The molecule has 0 fully saturated rings. The highest BCUT2D eigenvalue weighted by Gasteiger charge is 2.24. The first-order valence-corrected chi connectivity index (χ1v) is 6.18. The number of rotatable bonds is 4. The molecule has 3 nitrogen and oxygen atoms in total. The Labute approximate surface area is 105 Å². The zero-order valence-electron chi connectivity index (χ0n) is 11.9. The van der Waals surface area contributed by atoms with E-state index in [1.165, 1.54) is 5.56 Å². The summed E-state index contributed by atoms with van der Waals surface area (Å²) >= 11 is 0. The van der Waals surface area contributed by atoms with Gasteiger partial charge in [0, 0.05) is 31.4 Å². The second-order valence-electron chi connectivity index (χ2n) is 5.72. The molecule has 0 amide bonds. The standard InChI is InChI=1S/C14H25N3/c1-11(14(2,3)4)17(6)10-12-8-7-9-16-13(12)15-5/h7-9,11H,10H2,1-6H3,(H,15,16). The highest BCUT2D eigenvalue weighted by molar-refractivity contribution is 5.42. The first-order chi connectivity index (χ1) is 7.86. The van der Waals surface area contributed by atoms with Crippen molar-refractivity contribution in [2.75, 3.05) is 19.4 Å². The van der Waals surface area contributed by atoms with E-state index >= 15 is 0 Å². The Bertz CT molecular complexity index is 355. The maximum absolute atomic E-state index is 4.33. The molecule has 96 valence electrons. The second kappa shape index (κ2) is 5.50. The fourth-order valence-corrected chi connectivity index (χ4v) is 1.86. The van der Waals surface area contributed by atoms with Crippen molar-refractivity contribution < 1.29 is 0 Å². The largest absolute Gasteiger partial charge is 0.373 e. The van der Waals surface area contributed by atoms with Crippen LogP contribution < -0.4 is 5.32 Å². The molecule has 1 aromatic heterocycles. The Morgan fingerprint density at radius 3 is 2.59 bits per heavy atom. The first-order valence-electron chi connectivity index (χ1n) is 6.18. The summed E-state index contributed by atoms with van der Waals surface area (Å²) in [5.74, 6) is 0.973. The molecule has 1 aromatic rings. The van der Waals surface area contributed by atoms with E-state index in [0.717, 1.165) is 12.4 Å². The molecule has 0 aliphatic rings. The molecular formula is C14H25N3. The van der Waals surface area contributed by atoms with Crippen LogP contribution in [-0.2, 0) is 6.54 Å². The summed E-state index contributed by atoms with van der Waals surface area (Å²) in [6, 6.07) is 4.64. The summed E-state index contributed by atoms with van der Waals surface area (Å²) < 4.78 is 0. The lowest BCUT2D eigenvalue weighted by Crippen LogP contribution is -2.38. The predicted molar refractivity (Wildman–Crippen MR) is 74.2 cm³/mol. The van der Waals surface area contributed by atoms with E-state index in [2.05, 4.69) is 56.0 Å². The lowest BCUT2D eigenvalue weighted by Gasteiger charge is -2.35. The summed E-state index contributed by atoms with van der Waals surface area (Å²) in [5.41, 5.74) is 1.53. The van der Waals surface area contributed by atoms with Gasteiger partial charge >= 0.3 is 0 Å². The van der Waals surface area contributed by atoms with Crippen molar-refractivity contribution in [1.82, 2.24) is 9.88 Å². The van der Waals surface area contributed by atoms with Crippen molar-refractivity contribution in [2.45, 2.75) is 40.3 Å². The van der Waals surface area contributed by atoms with Gasteiger partial charge in [0.1, 0.15) is 5.82 Å². The molecule has 3 heteroatoms. The Morgan fingerprint density at radius 2 is 2.06 bits per heavy atom. The Balaban J connectivity index is 2.77. The maximum atomic E-state index is 4.33. The summed E-state index contributed by atoms with van der Waals surface area (Å²) in [5, 5.41) is 3.14. The fourth-order valence-electron chi connectivity index (χ4n) is 1.86. The summed E-state index contributed by atoms with van der Waals surface area (Å²) in [6.07, 6.45) is 1.82. The van der Waals surface area contributed by atoms with Crippen LogP contribution in [0.5, 0.6) is 0 Å². The predicted octanol–water partition coefficient (Wildman–Crippen LogP) is 2.99. The minimum absolute atomic E-state index is 0.288. The summed E-state index contributed by atoms with van der Waals surface area (Å²) in [7, 11) is 4.08. The molecule has 1 atom stereocenters.